The summed E-state index contributed by atoms with van der Waals surface area (Å²) in [4.78, 5) is 40.6. The number of nitrogens with one attached hydrogen (secondary N) is 1. The molecule has 3 atom stereocenters. The molecule has 196 valence electrons. The number of carbonyl (C=O) groups excluding carboxylic acids is 3. The second-order valence-corrected chi connectivity index (χ2v) is 11.1. The van der Waals surface area contributed by atoms with E-state index in [9.17, 15) is 19.5 Å². The minimum absolute atomic E-state index is 0.00671. The van der Waals surface area contributed by atoms with Crippen molar-refractivity contribution in [3.05, 3.63) is 47.5 Å². The molecule has 1 aromatic carbocycles. The molecule has 7 nitrogen and oxygen atoms in total. The van der Waals surface area contributed by atoms with Crippen molar-refractivity contribution in [1.29, 1.82) is 0 Å². The number of aliphatic hydroxyl groups is 1. The van der Waals surface area contributed by atoms with Crippen LogP contribution in [0.3, 0.4) is 0 Å². The fourth-order valence-electron chi connectivity index (χ4n) is 3.89. The van der Waals surface area contributed by atoms with Crippen molar-refractivity contribution in [2.24, 2.45) is 11.3 Å². The van der Waals surface area contributed by atoms with Crippen molar-refractivity contribution < 1.29 is 24.2 Å². The first-order valence-corrected chi connectivity index (χ1v) is 12.2. The molecule has 0 heterocycles. The van der Waals surface area contributed by atoms with E-state index in [0.29, 0.717) is 5.57 Å². The first-order chi connectivity index (χ1) is 16.0. The lowest BCUT2D eigenvalue weighted by Crippen LogP contribution is -2.59. The van der Waals surface area contributed by atoms with Gasteiger partial charge in [0, 0.05) is 18.0 Å². The molecule has 2 amide bonds. The Morgan fingerprint density at radius 1 is 1.09 bits per heavy atom. The number of hydrogen-bond acceptors (Lipinski definition) is 5. The summed E-state index contributed by atoms with van der Waals surface area (Å²) >= 11 is 0. The second kappa shape index (κ2) is 12.3. The van der Waals surface area contributed by atoms with Crippen LogP contribution >= 0.6 is 0 Å². The van der Waals surface area contributed by atoms with Gasteiger partial charge in [0.2, 0.25) is 11.8 Å². The summed E-state index contributed by atoms with van der Waals surface area (Å²) in [6.45, 7) is 16.8. The molecule has 1 rings (SSSR count). The number of benzene rings is 1. The van der Waals surface area contributed by atoms with Crippen LogP contribution in [0.2, 0.25) is 0 Å². The Balaban J connectivity index is 3.22. The van der Waals surface area contributed by atoms with Gasteiger partial charge >= 0.3 is 5.97 Å². The highest BCUT2D eigenvalue weighted by Gasteiger charge is 2.41. The zero-order chi connectivity index (χ0) is 27.1. The summed E-state index contributed by atoms with van der Waals surface area (Å²) in [5.41, 5.74) is -0.249. The van der Waals surface area contributed by atoms with Gasteiger partial charge in [-0.1, -0.05) is 84.9 Å². The van der Waals surface area contributed by atoms with Crippen LogP contribution < -0.4 is 5.32 Å². The van der Waals surface area contributed by atoms with Gasteiger partial charge in [0.15, 0.2) is 0 Å². The van der Waals surface area contributed by atoms with Gasteiger partial charge in [0.1, 0.15) is 12.1 Å². The Kier molecular flexibility index (Phi) is 10.7. The fraction of sp³-hybridized carbons (Fsp3) is 0.607. The van der Waals surface area contributed by atoms with E-state index in [-0.39, 0.29) is 24.5 Å². The summed E-state index contributed by atoms with van der Waals surface area (Å²) in [5.74, 6) is -1.33. The topological polar surface area (TPSA) is 95.9 Å². The van der Waals surface area contributed by atoms with Crippen LogP contribution in [-0.2, 0) is 24.5 Å². The van der Waals surface area contributed by atoms with Crippen LogP contribution in [0.4, 0.5) is 0 Å². The van der Waals surface area contributed by atoms with E-state index < -0.39 is 34.9 Å². The molecule has 1 aromatic rings. The van der Waals surface area contributed by atoms with Crippen molar-refractivity contribution in [3.8, 4) is 0 Å². The number of nitrogens with zero attached hydrogens (tertiary/aromatic N) is 1. The lowest BCUT2D eigenvalue weighted by atomic mass is 9.78. The first kappa shape index (κ1) is 30.4. The number of ether oxygens (including phenoxy) is 1. The number of hydrogen-bond donors (Lipinski definition) is 2. The van der Waals surface area contributed by atoms with E-state index >= 15 is 0 Å². The SMILES string of the molecule is CCOC(=O)/C(C)=C/[C@H](C(C)C)N(C)C(=O)[C@@H](NC(=O)[C@H](O)C(C)(C)c1ccccc1)C(C)(C)C. The molecule has 0 spiro atoms. The van der Waals surface area contributed by atoms with Crippen molar-refractivity contribution in [3.63, 3.8) is 0 Å². The van der Waals surface area contributed by atoms with Gasteiger partial charge in [-0.05, 0) is 30.7 Å². The van der Waals surface area contributed by atoms with Crippen molar-refractivity contribution in [2.75, 3.05) is 13.7 Å². The van der Waals surface area contributed by atoms with Crippen LogP contribution in [0.15, 0.2) is 42.0 Å². The smallest absolute Gasteiger partial charge is 0.333 e. The standard InChI is InChI=1S/C28H44N2O5/c1-11-35-26(34)19(4)17-21(18(2)3)30(10)25(33)22(27(5,6)7)29-24(32)23(31)28(8,9)20-15-13-12-14-16-20/h12-18,21-23,31H,11H2,1-10H3,(H,29,32)/b19-17+/t21-,22-,23+/m1/s1. The first-order valence-electron chi connectivity index (χ1n) is 12.2. The van der Waals surface area contributed by atoms with Crippen LogP contribution in [0.5, 0.6) is 0 Å². The molecule has 0 aliphatic carbocycles. The number of esters is 1. The summed E-state index contributed by atoms with van der Waals surface area (Å²) in [6, 6.07) is 8.04. The molecule has 35 heavy (non-hydrogen) atoms. The number of likely N-dealkylation sites (N-methyl/N-ethyl adjacent to an activating group) is 1. The van der Waals surface area contributed by atoms with Crippen molar-refractivity contribution in [2.45, 2.75) is 85.9 Å². The van der Waals surface area contributed by atoms with Gasteiger partial charge in [-0.3, -0.25) is 9.59 Å². The predicted molar refractivity (Wildman–Crippen MR) is 139 cm³/mol. The summed E-state index contributed by atoms with van der Waals surface area (Å²) < 4.78 is 5.08. The molecule has 0 saturated heterocycles. The number of carbonyl (C=O) groups is 3. The third kappa shape index (κ3) is 7.92. The maximum atomic E-state index is 13.7. The van der Waals surface area contributed by atoms with Crippen LogP contribution in [0.25, 0.3) is 0 Å². The molecule has 0 aliphatic heterocycles. The quantitative estimate of drug-likeness (QED) is 0.385. The van der Waals surface area contributed by atoms with Crippen LogP contribution in [-0.4, -0.2) is 59.6 Å². The molecule has 2 N–H and O–H groups in total. The maximum Gasteiger partial charge on any atom is 0.333 e. The van der Waals surface area contributed by atoms with Crippen molar-refractivity contribution >= 4 is 17.8 Å². The second-order valence-electron chi connectivity index (χ2n) is 11.1. The van der Waals surface area contributed by atoms with Crippen LogP contribution in [0.1, 0.15) is 67.9 Å². The predicted octanol–water partition coefficient (Wildman–Crippen LogP) is 3.85. The Bertz CT molecular complexity index is 900. The zero-order valence-electron chi connectivity index (χ0n) is 23.0. The van der Waals surface area contributed by atoms with Gasteiger partial charge in [0.05, 0.1) is 12.6 Å². The fourth-order valence-corrected chi connectivity index (χ4v) is 3.89. The number of aliphatic hydroxyl groups excluding tert-OH is 1. The number of amides is 2. The lowest BCUT2D eigenvalue weighted by Gasteiger charge is -2.39. The highest BCUT2D eigenvalue weighted by molar-refractivity contribution is 5.91. The normalized spacial score (nSPS) is 15.3. The Labute approximate surface area is 210 Å². The Morgan fingerprint density at radius 2 is 1.63 bits per heavy atom. The van der Waals surface area contributed by atoms with E-state index in [4.69, 9.17) is 4.74 Å². The van der Waals surface area contributed by atoms with Gasteiger partial charge in [-0.2, -0.15) is 0 Å². The van der Waals surface area contributed by atoms with E-state index in [1.807, 2.05) is 65.0 Å². The Morgan fingerprint density at radius 3 is 2.09 bits per heavy atom. The number of rotatable bonds is 10. The molecular weight excluding hydrogens is 444 g/mol. The molecule has 0 bridgehead atoms. The monoisotopic (exact) mass is 488 g/mol. The molecule has 0 aromatic heterocycles. The average Bonchev–Trinajstić information content (AvgIpc) is 2.78. The highest BCUT2D eigenvalue weighted by Crippen LogP contribution is 2.29. The molecule has 7 heteroatoms. The van der Waals surface area contributed by atoms with E-state index in [2.05, 4.69) is 5.32 Å². The van der Waals surface area contributed by atoms with E-state index in [1.165, 1.54) is 0 Å². The largest absolute Gasteiger partial charge is 0.463 e. The minimum atomic E-state index is -1.36. The van der Waals surface area contributed by atoms with Crippen molar-refractivity contribution in [1.82, 2.24) is 10.2 Å². The minimum Gasteiger partial charge on any atom is -0.463 e. The maximum absolute atomic E-state index is 13.7. The van der Waals surface area contributed by atoms with Gasteiger partial charge < -0.3 is 20.1 Å². The molecule has 0 unspecified atom stereocenters. The molecule has 0 aliphatic rings. The molecular formula is C28H44N2O5. The molecule has 0 fully saturated rings. The van der Waals surface area contributed by atoms with Gasteiger partial charge in [-0.25, -0.2) is 4.79 Å². The van der Waals surface area contributed by atoms with Crippen LogP contribution in [0, 0.1) is 11.3 Å². The van der Waals surface area contributed by atoms with E-state index in [0.717, 1.165) is 5.56 Å². The zero-order valence-corrected chi connectivity index (χ0v) is 23.0. The summed E-state index contributed by atoms with van der Waals surface area (Å²) in [5, 5.41) is 13.8. The third-order valence-corrected chi connectivity index (χ3v) is 6.35. The molecule has 0 radical (unpaired) electrons. The highest BCUT2D eigenvalue weighted by atomic mass is 16.5. The van der Waals surface area contributed by atoms with Gasteiger partial charge in [-0.15, -0.1) is 0 Å². The average molecular weight is 489 g/mol. The third-order valence-electron chi connectivity index (χ3n) is 6.35. The Hall–Kier alpha value is -2.67. The van der Waals surface area contributed by atoms with E-state index in [1.54, 1.807) is 45.7 Å². The lowest BCUT2D eigenvalue weighted by molar-refractivity contribution is -0.143. The summed E-state index contributed by atoms with van der Waals surface area (Å²) in [7, 11) is 1.66. The van der Waals surface area contributed by atoms with Gasteiger partial charge in [0.25, 0.3) is 0 Å². The summed E-state index contributed by atoms with van der Waals surface area (Å²) in [6.07, 6.45) is 0.370. The molecule has 0 saturated carbocycles.